The van der Waals surface area contributed by atoms with Gasteiger partial charge >= 0.3 is 11.7 Å². The lowest BCUT2D eigenvalue weighted by Crippen LogP contribution is -2.31. The molecule has 0 saturated heterocycles. The fourth-order valence-corrected chi connectivity index (χ4v) is 2.35. The topological polar surface area (TPSA) is 122 Å². The lowest BCUT2D eigenvalue weighted by molar-refractivity contribution is -0.387. The molecule has 140 valence electrons. The molecule has 12 heteroatoms. The number of nitrogens with zero attached hydrogens (tertiary/aromatic N) is 2. The number of hydrogen-bond acceptors (Lipinski definition) is 7. The summed E-state index contributed by atoms with van der Waals surface area (Å²) in [7, 11) is 1.01. The number of benzene rings is 1. The van der Waals surface area contributed by atoms with Crippen LogP contribution in [-0.2, 0) is 14.3 Å². The van der Waals surface area contributed by atoms with E-state index in [0.29, 0.717) is 0 Å². The average Bonchev–Trinajstić information content (AvgIpc) is 2.88. The van der Waals surface area contributed by atoms with Crippen LogP contribution in [-0.4, -0.2) is 53.6 Å². The van der Waals surface area contributed by atoms with Crippen molar-refractivity contribution in [1.29, 1.82) is 0 Å². The zero-order chi connectivity index (χ0) is 19.6. The molecule has 0 fully saturated rings. The average molecular weight is 375 g/mol. The molecular weight excluding hydrogens is 363 g/mol. The number of aliphatic hydroxyl groups is 1. The third kappa shape index (κ3) is 3.31. The number of anilines is 1. The molecule has 1 aromatic carbocycles. The van der Waals surface area contributed by atoms with Gasteiger partial charge in [-0.1, -0.05) is 0 Å². The Hall–Kier alpha value is -3.15. The van der Waals surface area contributed by atoms with Crippen molar-refractivity contribution in [3.05, 3.63) is 44.9 Å². The molecule has 0 aliphatic carbocycles. The van der Waals surface area contributed by atoms with Gasteiger partial charge < -0.3 is 20.1 Å². The molecule has 0 saturated carbocycles. The van der Waals surface area contributed by atoms with E-state index in [9.17, 15) is 32.9 Å². The van der Waals surface area contributed by atoms with E-state index >= 15 is 0 Å². The van der Waals surface area contributed by atoms with Crippen molar-refractivity contribution < 1.29 is 37.5 Å². The Morgan fingerprint density at radius 3 is 2.62 bits per heavy atom. The Bertz CT molecular complexity index is 827. The van der Waals surface area contributed by atoms with Gasteiger partial charge in [0, 0.05) is 12.6 Å². The zero-order valence-corrected chi connectivity index (χ0v) is 13.2. The number of halogens is 3. The zero-order valence-electron chi connectivity index (χ0n) is 13.2. The summed E-state index contributed by atoms with van der Waals surface area (Å²) in [5, 5.41) is 22.0. The standard InChI is InChI=1S/C14H12F3N3O6/c1-26-14(23)6-5-19(2-3-21)13(22)10(6)18-11-8(16)4-7(15)9(17)12(11)20(24)25/h4,18,21H,2-3,5H2,1H3. The maximum absolute atomic E-state index is 14.0. The predicted molar refractivity (Wildman–Crippen MR) is 79.3 cm³/mol. The normalized spacial score (nSPS) is 14.0. The van der Waals surface area contributed by atoms with E-state index < -0.39 is 57.9 Å². The summed E-state index contributed by atoms with van der Waals surface area (Å²) in [4.78, 5) is 34.7. The van der Waals surface area contributed by atoms with Crippen molar-refractivity contribution in [3.63, 3.8) is 0 Å². The first-order valence-electron chi connectivity index (χ1n) is 7.03. The van der Waals surface area contributed by atoms with E-state index in [-0.39, 0.29) is 24.7 Å². The second-order valence-corrected chi connectivity index (χ2v) is 5.06. The maximum atomic E-state index is 14.0. The van der Waals surface area contributed by atoms with Crippen LogP contribution in [0.15, 0.2) is 17.3 Å². The Labute approximate surface area is 143 Å². The van der Waals surface area contributed by atoms with E-state index in [4.69, 9.17) is 5.11 Å². The lowest BCUT2D eigenvalue weighted by atomic mass is 10.2. The van der Waals surface area contributed by atoms with E-state index in [0.717, 1.165) is 12.0 Å². The first-order chi connectivity index (χ1) is 12.2. The number of ether oxygens (including phenoxy) is 1. The number of rotatable bonds is 6. The summed E-state index contributed by atoms with van der Waals surface area (Å²) in [5.74, 6) is -7.16. The molecule has 1 amide bonds. The first-order valence-corrected chi connectivity index (χ1v) is 7.03. The Morgan fingerprint density at radius 2 is 2.08 bits per heavy atom. The van der Waals surface area contributed by atoms with E-state index in [1.54, 1.807) is 0 Å². The van der Waals surface area contributed by atoms with Gasteiger partial charge in [-0.3, -0.25) is 14.9 Å². The van der Waals surface area contributed by atoms with Crippen molar-refractivity contribution in [1.82, 2.24) is 4.90 Å². The van der Waals surface area contributed by atoms with Crippen molar-refractivity contribution in [2.75, 3.05) is 32.1 Å². The van der Waals surface area contributed by atoms with Gasteiger partial charge in [-0.25, -0.2) is 13.6 Å². The van der Waals surface area contributed by atoms with E-state index in [2.05, 4.69) is 4.74 Å². The molecular formula is C14H12F3N3O6. The van der Waals surface area contributed by atoms with Crippen LogP contribution in [0.1, 0.15) is 0 Å². The van der Waals surface area contributed by atoms with Gasteiger partial charge in [0.25, 0.3) is 5.91 Å². The van der Waals surface area contributed by atoms with Crippen molar-refractivity contribution in [2.45, 2.75) is 0 Å². The fourth-order valence-electron chi connectivity index (χ4n) is 2.35. The van der Waals surface area contributed by atoms with Crippen LogP contribution in [0.2, 0.25) is 0 Å². The van der Waals surface area contributed by atoms with Crippen LogP contribution >= 0.6 is 0 Å². The minimum Gasteiger partial charge on any atom is -0.466 e. The number of nitro groups is 1. The van der Waals surface area contributed by atoms with E-state index in [1.165, 1.54) is 0 Å². The number of nitrogens with one attached hydrogen (secondary N) is 1. The molecule has 1 aliphatic heterocycles. The highest BCUT2D eigenvalue weighted by atomic mass is 19.2. The molecule has 9 nitrogen and oxygen atoms in total. The van der Waals surface area contributed by atoms with Crippen LogP contribution in [0.25, 0.3) is 0 Å². The SMILES string of the molecule is COC(=O)C1=C(Nc2c(F)cc(F)c(F)c2[N+](=O)[O-])C(=O)N(CCO)C1. The summed E-state index contributed by atoms with van der Waals surface area (Å²) in [6.07, 6.45) is 0. The number of nitro benzene ring substituents is 1. The summed E-state index contributed by atoms with van der Waals surface area (Å²) in [6.45, 7) is -0.965. The molecule has 26 heavy (non-hydrogen) atoms. The highest BCUT2D eigenvalue weighted by Gasteiger charge is 2.37. The van der Waals surface area contributed by atoms with Crippen molar-refractivity contribution in [2.24, 2.45) is 0 Å². The second kappa shape index (κ2) is 7.39. The fraction of sp³-hybridized carbons (Fsp3) is 0.286. The second-order valence-electron chi connectivity index (χ2n) is 5.06. The largest absolute Gasteiger partial charge is 0.466 e. The number of amides is 1. The number of carbonyl (C=O) groups is 2. The van der Waals surface area contributed by atoms with Gasteiger partial charge in [-0.2, -0.15) is 4.39 Å². The summed E-state index contributed by atoms with van der Waals surface area (Å²) in [5.41, 5.74) is -3.60. The molecule has 0 radical (unpaired) electrons. The Balaban J connectivity index is 2.57. The lowest BCUT2D eigenvalue weighted by Gasteiger charge is -2.15. The minimum atomic E-state index is -1.93. The van der Waals surface area contributed by atoms with E-state index in [1.807, 2.05) is 5.32 Å². The summed E-state index contributed by atoms with van der Waals surface area (Å²) < 4.78 is 45.5. The first kappa shape index (κ1) is 19.2. The predicted octanol–water partition coefficient (Wildman–Crippen LogP) is 0.686. The Kier molecular flexibility index (Phi) is 5.45. The molecule has 0 aromatic heterocycles. The summed E-state index contributed by atoms with van der Waals surface area (Å²) >= 11 is 0. The van der Waals surface area contributed by atoms with Crippen LogP contribution < -0.4 is 5.32 Å². The number of hydrogen-bond donors (Lipinski definition) is 2. The van der Waals surface area contributed by atoms with Gasteiger partial charge in [0.1, 0.15) is 5.70 Å². The minimum absolute atomic E-state index is 0.0635. The van der Waals surface area contributed by atoms with Crippen LogP contribution in [0.4, 0.5) is 24.5 Å². The molecule has 0 spiro atoms. The molecule has 0 bridgehead atoms. The monoisotopic (exact) mass is 375 g/mol. The molecule has 0 unspecified atom stereocenters. The highest BCUT2D eigenvalue weighted by molar-refractivity contribution is 6.08. The van der Waals surface area contributed by atoms with Gasteiger partial charge in [0.15, 0.2) is 17.3 Å². The number of esters is 1. The van der Waals surface area contributed by atoms with Crippen LogP contribution in [0, 0.1) is 27.6 Å². The third-order valence-electron chi connectivity index (χ3n) is 3.53. The number of methoxy groups -OCH3 is 1. The molecule has 2 N–H and O–H groups in total. The quantitative estimate of drug-likeness (QED) is 0.325. The Morgan fingerprint density at radius 1 is 1.42 bits per heavy atom. The van der Waals surface area contributed by atoms with Crippen molar-refractivity contribution >= 4 is 23.3 Å². The highest BCUT2D eigenvalue weighted by Crippen LogP contribution is 2.34. The molecule has 2 rings (SSSR count). The number of β-amino-alcohol motifs (C(OH)–C–C–N with tert-alkyl or cyclic N) is 1. The van der Waals surface area contributed by atoms with Gasteiger partial charge in [0.05, 0.1) is 30.8 Å². The molecule has 0 atom stereocenters. The van der Waals surface area contributed by atoms with Gasteiger partial charge in [0.2, 0.25) is 5.82 Å². The molecule has 1 aromatic rings. The van der Waals surface area contributed by atoms with Gasteiger partial charge in [-0.15, -0.1) is 0 Å². The van der Waals surface area contributed by atoms with Crippen LogP contribution in [0.3, 0.4) is 0 Å². The number of carbonyl (C=O) groups excluding carboxylic acids is 2. The van der Waals surface area contributed by atoms with Gasteiger partial charge in [-0.05, 0) is 0 Å². The van der Waals surface area contributed by atoms with Crippen molar-refractivity contribution in [3.8, 4) is 0 Å². The number of aliphatic hydroxyl groups excluding tert-OH is 1. The van der Waals surface area contributed by atoms with Crippen LogP contribution in [0.5, 0.6) is 0 Å². The summed E-state index contributed by atoms with van der Waals surface area (Å²) in [6, 6.07) is 0.0635. The maximum Gasteiger partial charge on any atom is 0.337 e. The third-order valence-corrected chi connectivity index (χ3v) is 3.53. The molecule has 1 heterocycles. The smallest absolute Gasteiger partial charge is 0.337 e. The molecule has 1 aliphatic rings.